The Morgan fingerprint density at radius 1 is 1.10 bits per heavy atom. The van der Waals surface area contributed by atoms with Gasteiger partial charge in [-0.3, -0.25) is 9.69 Å². The standard InChI is InChI=1S/C30H36ClN5O3/c1-19(34-12-14-35(15-13-34)22(4)37)18-36-27-9-8-24(30-20(2)33-39-21(30)3)17-26(27)32-29(36)11-7-23-6-10-28(38-5)25(31)16-23/h6,8-10,16-17,19H,7,11-15,18H2,1-5H3/t19-/m0/s1. The lowest BCUT2D eigenvalue weighted by molar-refractivity contribution is -0.130. The maximum atomic E-state index is 11.8. The van der Waals surface area contributed by atoms with Gasteiger partial charge in [0.25, 0.3) is 0 Å². The van der Waals surface area contributed by atoms with Crippen molar-refractivity contribution in [2.45, 2.75) is 53.1 Å². The number of piperazine rings is 1. The van der Waals surface area contributed by atoms with Crippen LogP contribution in [0, 0.1) is 13.8 Å². The van der Waals surface area contributed by atoms with Crippen molar-refractivity contribution in [2.24, 2.45) is 0 Å². The number of halogens is 1. The van der Waals surface area contributed by atoms with Gasteiger partial charge >= 0.3 is 0 Å². The highest BCUT2D eigenvalue weighted by Gasteiger charge is 2.24. The molecule has 8 nitrogen and oxygen atoms in total. The summed E-state index contributed by atoms with van der Waals surface area (Å²) < 4.78 is 13.1. The van der Waals surface area contributed by atoms with E-state index in [1.807, 2.05) is 30.9 Å². The fraction of sp³-hybridized carbons (Fsp3) is 0.433. The maximum Gasteiger partial charge on any atom is 0.219 e. The van der Waals surface area contributed by atoms with Crippen molar-refractivity contribution in [3.8, 4) is 16.9 Å². The number of methoxy groups -OCH3 is 1. The van der Waals surface area contributed by atoms with Crippen LogP contribution in [0.4, 0.5) is 0 Å². The van der Waals surface area contributed by atoms with E-state index in [-0.39, 0.29) is 5.91 Å². The molecular weight excluding hydrogens is 514 g/mol. The monoisotopic (exact) mass is 549 g/mol. The van der Waals surface area contributed by atoms with Crippen LogP contribution >= 0.6 is 11.6 Å². The van der Waals surface area contributed by atoms with Crippen molar-refractivity contribution < 1.29 is 14.1 Å². The van der Waals surface area contributed by atoms with Gasteiger partial charge in [0.2, 0.25) is 5.91 Å². The SMILES string of the molecule is COc1ccc(CCc2nc3cc(-c4c(C)noc4C)ccc3n2C[C@H](C)N2CCN(C(C)=O)CC2)cc1Cl. The summed E-state index contributed by atoms with van der Waals surface area (Å²) in [6.45, 7) is 11.9. The first-order valence-electron chi connectivity index (χ1n) is 13.5. The van der Waals surface area contributed by atoms with Gasteiger partial charge in [-0.05, 0) is 62.6 Å². The second-order valence-corrected chi connectivity index (χ2v) is 10.8. The van der Waals surface area contributed by atoms with Crippen LogP contribution in [0.15, 0.2) is 40.9 Å². The Balaban J connectivity index is 1.44. The minimum atomic E-state index is 0.151. The second kappa shape index (κ2) is 11.4. The molecule has 2 aromatic heterocycles. The molecule has 2 aromatic carbocycles. The smallest absolute Gasteiger partial charge is 0.219 e. The second-order valence-electron chi connectivity index (χ2n) is 10.4. The van der Waals surface area contributed by atoms with Crippen molar-refractivity contribution in [2.75, 3.05) is 33.3 Å². The zero-order valence-electron chi connectivity index (χ0n) is 23.3. The summed E-state index contributed by atoms with van der Waals surface area (Å²) in [5.74, 6) is 2.68. The van der Waals surface area contributed by atoms with E-state index in [9.17, 15) is 4.79 Å². The predicted octanol–water partition coefficient (Wildman–Crippen LogP) is 5.31. The Morgan fingerprint density at radius 3 is 2.51 bits per heavy atom. The van der Waals surface area contributed by atoms with Crippen LogP contribution < -0.4 is 4.74 Å². The van der Waals surface area contributed by atoms with Gasteiger partial charge in [0.15, 0.2) is 0 Å². The van der Waals surface area contributed by atoms with E-state index >= 15 is 0 Å². The molecule has 1 aliphatic heterocycles. The molecule has 0 aliphatic carbocycles. The van der Waals surface area contributed by atoms with Crippen LogP contribution in [0.2, 0.25) is 5.02 Å². The average Bonchev–Trinajstić information content (AvgIpc) is 3.45. The van der Waals surface area contributed by atoms with Crippen molar-refractivity contribution in [3.63, 3.8) is 0 Å². The summed E-state index contributed by atoms with van der Waals surface area (Å²) >= 11 is 6.39. The third kappa shape index (κ3) is 5.68. The molecule has 0 spiro atoms. The summed E-state index contributed by atoms with van der Waals surface area (Å²) in [4.78, 5) is 21.3. The first-order valence-corrected chi connectivity index (χ1v) is 13.9. The summed E-state index contributed by atoms with van der Waals surface area (Å²) in [6, 6.07) is 12.7. The Labute approximate surface area is 234 Å². The Bertz CT molecular complexity index is 1470. The average molecular weight is 550 g/mol. The van der Waals surface area contributed by atoms with Crippen LogP contribution in [0.3, 0.4) is 0 Å². The number of fused-ring (bicyclic) bond motifs is 1. The molecule has 39 heavy (non-hydrogen) atoms. The topological polar surface area (TPSA) is 76.6 Å². The normalized spacial score (nSPS) is 15.2. The highest BCUT2D eigenvalue weighted by atomic mass is 35.5. The van der Waals surface area contributed by atoms with Crippen molar-refractivity contribution in [1.29, 1.82) is 0 Å². The van der Waals surface area contributed by atoms with Gasteiger partial charge in [0.1, 0.15) is 17.3 Å². The summed E-state index contributed by atoms with van der Waals surface area (Å²) in [7, 11) is 1.63. The Hall–Kier alpha value is -3.36. The summed E-state index contributed by atoms with van der Waals surface area (Å²) in [6.07, 6.45) is 1.60. The molecule has 1 fully saturated rings. The van der Waals surface area contributed by atoms with Crippen molar-refractivity contribution in [3.05, 3.63) is 64.3 Å². The van der Waals surface area contributed by atoms with Gasteiger partial charge < -0.3 is 18.7 Å². The third-order valence-corrected chi connectivity index (χ3v) is 8.13. The molecule has 0 N–H and O–H groups in total. The molecule has 3 heterocycles. The number of carbonyl (C=O) groups excluding carboxylic acids is 1. The first kappa shape index (κ1) is 27.2. The molecule has 1 aliphatic rings. The molecule has 1 saturated heterocycles. The number of imidazole rings is 1. The lowest BCUT2D eigenvalue weighted by Gasteiger charge is -2.38. The summed E-state index contributed by atoms with van der Waals surface area (Å²) in [5.41, 5.74) is 6.18. The molecule has 4 aromatic rings. The van der Waals surface area contributed by atoms with Gasteiger partial charge in [-0.2, -0.15) is 0 Å². The number of nitrogens with zero attached hydrogens (tertiary/aromatic N) is 5. The van der Waals surface area contributed by atoms with Crippen LogP contribution in [0.1, 0.15) is 36.7 Å². The van der Waals surface area contributed by atoms with E-state index in [0.29, 0.717) is 16.8 Å². The molecule has 1 amide bonds. The fourth-order valence-corrected chi connectivity index (χ4v) is 5.88. The van der Waals surface area contributed by atoms with E-state index in [4.69, 9.17) is 25.8 Å². The quantitative estimate of drug-likeness (QED) is 0.296. The van der Waals surface area contributed by atoms with Gasteiger partial charge in [0, 0.05) is 57.7 Å². The third-order valence-electron chi connectivity index (χ3n) is 7.83. The van der Waals surface area contributed by atoms with Crippen molar-refractivity contribution >= 4 is 28.5 Å². The molecule has 0 unspecified atom stereocenters. The number of hydrogen-bond acceptors (Lipinski definition) is 6. The largest absolute Gasteiger partial charge is 0.495 e. The number of ether oxygens (including phenoxy) is 1. The number of aryl methyl sites for hydroxylation is 4. The van der Waals surface area contributed by atoms with E-state index in [0.717, 1.165) is 90.6 Å². The molecular formula is C30H36ClN5O3. The number of rotatable bonds is 8. The number of amides is 1. The van der Waals surface area contributed by atoms with E-state index in [2.05, 4.69) is 45.8 Å². The Morgan fingerprint density at radius 2 is 1.87 bits per heavy atom. The van der Waals surface area contributed by atoms with Crippen LogP contribution in [0.5, 0.6) is 5.75 Å². The lowest BCUT2D eigenvalue weighted by atomic mass is 10.0. The van der Waals surface area contributed by atoms with E-state index in [1.54, 1.807) is 14.0 Å². The van der Waals surface area contributed by atoms with Crippen LogP contribution in [-0.4, -0.2) is 69.7 Å². The molecule has 0 radical (unpaired) electrons. The number of benzene rings is 2. The van der Waals surface area contributed by atoms with E-state index in [1.165, 1.54) is 0 Å². The number of hydrogen-bond donors (Lipinski definition) is 0. The molecule has 206 valence electrons. The van der Waals surface area contributed by atoms with Crippen LogP contribution in [-0.2, 0) is 24.2 Å². The zero-order valence-corrected chi connectivity index (χ0v) is 24.1. The minimum absolute atomic E-state index is 0.151. The van der Waals surface area contributed by atoms with Crippen LogP contribution in [0.25, 0.3) is 22.2 Å². The van der Waals surface area contributed by atoms with E-state index < -0.39 is 0 Å². The molecule has 9 heteroatoms. The molecule has 5 rings (SSSR count). The minimum Gasteiger partial charge on any atom is -0.495 e. The highest BCUT2D eigenvalue weighted by molar-refractivity contribution is 6.32. The zero-order chi connectivity index (χ0) is 27.7. The number of carbonyl (C=O) groups is 1. The summed E-state index contributed by atoms with van der Waals surface area (Å²) in [5, 5.41) is 4.75. The van der Waals surface area contributed by atoms with Crippen molar-refractivity contribution in [1.82, 2.24) is 24.5 Å². The lowest BCUT2D eigenvalue weighted by Crippen LogP contribution is -2.51. The van der Waals surface area contributed by atoms with Gasteiger partial charge in [-0.15, -0.1) is 0 Å². The first-order chi connectivity index (χ1) is 18.7. The fourth-order valence-electron chi connectivity index (χ4n) is 5.60. The molecule has 0 bridgehead atoms. The van der Waals surface area contributed by atoms with Gasteiger partial charge in [0.05, 0.1) is 28.9 Å². The Kier molecular flexibility index (Phi) is 7.96. The highest BCUT2D eigenvalue weighted by Crippen LogP contribution is 2.31. The molecule has 1 atom stereocenters. The molecule has 0 saturated carbocycles. The predicted molar refractivity (Wildman–Crippen MR) is 153 cm³/mol. The number of aromatic nitrogens is 3. The van der Waals surface area contributed by atoms with Gasteiger partial charge in [-0.25, -0.2) is 4.98 Å². The maximum absolute atomic E-state index is 11.8. The van der Waals surface area contributed by atoms with Gasteiger partial charge in [-0.1, -0.05) is 28.9 Å².